The maximum atomic E-state index is 14.3. The molecule has 2 saturated heterocycles. The molecule has 4 aliphatic heterocycles. The summed E-state index contributed by atoms with van der Waals surface area (Å²) in [4.78, 5) is 21.6. The van der Waals surface area contributed by atoms with E-state index in [9.17, 15) is 4.79 Å². The molecule has 0 radical (unpaired) electrons. The van der Waals surface area contributed by atoms with Crippen molar-refractivity contribution in [3.8, 4) is 23.0 Å². The van der Waals surface area contributed by atoms with Crippen LogP contribution in [0.4, 0.5) is 0 Å². The third-order valence-corrected chi connectivity index (χ3v) is 11.2. The van der Waals surface area contributed by atoms with Gasteiger partial charge < -0.3 is 28.7 Å². The number of amides is 1. The topological polar surface area (TPSA) is 63.7 Å². The molecule has 0 spiro atoms. The van der Waals surface area contributed by atoms with Crippen molar-refractivity contribution in [3.63, 3.8) is 0 Å². The highest BCUT2D eigenvalue weighted by molar-refractivity contribution is 5.80. The van der Waals surface area contributed by atoms with Crippen LogP contribution in [0.15, 0.2) is 24.3 Å². The zero-order chi connectivity index (χ0) is 31.0. The number of carbonyl (C=O) groups is 1. The SMILES string of the molecule is CC[C@H]1CN2CCc3cc(OC)c(OC)cc3[C@@H]2C[C@H]1C[C@@H]1c2cc(OC)c(OC)cc2CCN1C(=O)C1CCN(C)CC1. The van der Waals surface area contributed by atoms with Gasteiger partial charge in [-0.05, 0) is 117 Å². The molecule has 2 aromatic carbocycles. The standard InChI is InChI=1S/C36H51N3O5/c1-7-23-22-38-14-10-25-18-32(41-3)34(43-5)20-28(25)30(38)16-27(23)17-31-29-21-35(44-6)33(42-4)19-26(29)11-15-39(31)36(40)24-8-12-37(2)13-9-24/h18-21,23-24,27,30-31H,7-17,22H2,1-6H3/t23-,27-,30-,31+/m0/s1. The molecular formula is C36H51N3O5. The van der Waals surface area contributed by atoms with E-state index in [-0.39, 0.29) is 12.0 Å². The Bertz CT molecular complexity index is 1340. The number of hydrogen-bond acceptors (Lipinski definition) is 7. The second-order valence-electron chi connectivity index (χ2n) is 13.3. The number of ether oxygens (including phenoxy) is 4. The number of likely N-dealkylation sites (tertiary alicyclic amines) is 1. The van der Waals surface area contributed by atoms with E-state index in [0.29, 0.717) is 23.8 Å². The number of hydrogen-bond donors (Lipinski definition) is 0. The Kier molecular flexibility index (Phi) is 9.29. The van der Waals surface area contributed by atoms with Crippen LogP contribution >= 0.6 is 0 Å². The Morgan fingerprint density at radius 3 is 1.95 bits per heavy atom. The van der Waals surface area contributed by atoms with Crippen molar-refractivity contribution >= 4 is 5.91 Å². The summed E-state index contributed by atoms with van der Waals surface area (Å²) in [6, 6.07) is 9.09. The van der Waals surface area contributed by atoms with Gasteiger partial charge in [0.25, 0.3) is 0 Å². The van der Waals surface area contributed by atoms with Crippen LogP contribution in [0.1, 0.15) is 73.4 Å². The number of nitrogens with zero attached hydrogens (tertiary/aromatic N) is 3. The van der Waals surface area contributed by atoms with Gasteiger partial charge in [-0.3, -0.25) is 9.69 Å². The zero-order valence-electron chi connectivity index (χ0n) is 27.6. The summed E-state index contributed by atoms with van der Waals surface area (Å²) in [6.45, 7) is 7.24. The van der Waals surface area contributed by atoms with Crippen molar-refractivity contribution in [3.05, 3.63) is 46.5 Å². The molecule has 240 valence electrons. The summed E-state index contributed by atoms with van der Waals surface area (Å²) in [5.74, 6) is 4.64. The van der Waals surface area contributed by atoms with Gasteiger partial charge in [0, 0.05) is 31.6 Å². The lowest BCUT2D eigenvalue weighted by atomic mass is 9.72. The van der Waals surface area contributed by atoms with E-state index in [0.717, 1.165) is 101 Å². The zero-order valence-corrected chi connectivity index (χ0v) is 27.6. The highest BCUT2D eigenvalue weighted by atomic mass is 16.5. The normalized spacial score (nSPS) is 25.9. The number of piperidine rings is 2. The lowest BCUT2D eigenvalue weighted by molar-refractivity contribution is -0.140. The van der Waals surface area contributed by atoms with Gasteiger partial charge in [0.15, 0.2) is 23.0 Å². The van der Waals surface area contributed by atoms with E-state index in [1.165, 1.54) is 22.3 Å². The predicted octanol–water partition coefficient (Wildman–Crippen LogP) is 5.52. The van der Waals surface area contributed by atoms with Crippen LogP contribution in [0, 0.1) is 17.8 Å². The minimum absolute atomic E-state index is 0.0322. The second kappa shape index (κ2) is 13.2. The van der Waals surface area contributed by atoms with Gasteiger partial charge in [-0.1, -0.05) is 13.3 Å². The van der Waals surface area contributed by atoms with Crippen LogP contribution in [-0.4, -0.2) is 88.8 Å². The number of benzene rings is 2. The van der Waals surface area contributed by atoms with E-state index in [4.69, 9.17) is 18.9 Å². The van der Waals surface area contributed by atoms with Crippen LogP contribution < -0.4 is 18.9 Å². The fourth-order valence-electron chi connectivity index (χ4n) is 8.58. The first-order valence-corrected chi connectivity index (χ1v) is 16.6. The summed E-state index contributed by atoms with van der Waals surface area (Å²) < 4.78 is 22.9. The molecule has 0 unspecified atom stereocenters. The monoisotopic (exact) mass is 605 g/mol. The van der Waals surface area contributed by atoms with Crippen LogP contribution in [0.25, 0.3) is 0 Å². The molecule has 2 aromatic rings. The van der Waals surface area contributed by atoms with Crippen molar-refractivity contribution in [2.45, 2.75) is 64.0 Å². The molecule has 8 heteroatoms. The van der Waals surface area contributed by atoms with Crippen LogP contribution in [0.2, 0.25) is 0 Å². The first-order valence-electron chi connectivity index (χ1n) is 16.6. The number of fused-ring (bicyclic) bond motifs is 4. The quantitative estimate of drug-likeness (QED) is 0.393. The highest BCUT2D eigenvalue weighted by Crippen LogP contribution is 2.49. The van der Waals surface area contributed by atoms with Crippen LogP contribution in [0.3, 0.4) is 0 Å². The molecule has 8 nitrogen and oxygen atoms in total. The fourth-order valence-corrected chi connectivity index (χ4v) is 8.58. The van der Waals surface area contributed by atoms with Crippen molar-refractivity contribution in [1.29, 1.82) is 0 Å². The Hall–Kier alpha value is -2.97. The molecule has 4 heterocycles. The average Bonchev–Trinajstić information content (AvgIpc) is 3.06. The fraction of sp³-hybridized carbons (Fsp3) is 0.639. The summed E-state index contributed by atoms with van der Waals surface area (Å²) in [7, 11) is 9.00. The molecule has 2 fully saturated rings. The third-order valence-electron chi connectivity index (χ3n) is 11.2. The minimum atomic E-state index is 0.0322. The molecule has 0 bridgehead atoms. The van der Waals surface area contributed by atoms with E-state index in [1.54, 1.807) is 28.4 Å². The van der Waals surface area contributed by atoms with Crippen LogP contribution in [0.5, 0.6) is 23.0 Å². The smallest absolute Gasteiger partial charge is 0.226 e. The lowest BCUT2D eigenvalue weighted by Gasteiger charge is -2.49. The molecule has 6 rings (SSSR count). The molecule has 4 aliphatic rings. The summed E-state index contributed by atoms with van der Waals surface area (Å²) in [6.07, 6.45) is 6.94. The first-order chi connectivity index (χ1) is 21.4. The van der Waals surface area contributed by atoms with Crippen LogP contribution in [-0.2, 0) is 17.6 Å². The first kappa shape index (κ1) is 31.0. The molecule has 0 N–H and O–H groups in total. The van der Waals surface area contributed by atoms with Gasteiger partial charge in [0.1, 0.15) is 0 Å². The van der Waals surface area contributed by atoms with Crippen molar-refractivity contribution in [2.75, 3.05) is 68.2 Å². The predicted molar refractivity (Wildman–Crippen MR) is 172 cm³/mol. The average molecular weight is 606 g/mol. The molecule has 4 atom stereocenters. The molecule has 0 aromatic heterocycles. The van der Waals surface area contributed by atoms with Gasteiger partial charge in [0.2, 0.25) is 5.91 Å². The maximum Gasteiger partial charge on any atom is 0.226 e. The van der Waals surface area contributed by atoms with E-state index in [1.807, 2.05) is 0 Å². The lowest BCUT2D eigenvalue weighted by Crippen LogP contribution is -2.49. The Morgan fingerprint density at radius 1 is 0.773 bits per heavy atom. The summed E-state index contributed by atoms with van der Waals surface area (Å²) in [5.41, 5.74) is 5.27. The van der Waals surface area contributed by atoms with Gasteiger partial charge in [-0.2, -0.15) is 0 Å². The second-order valence-corrected chi connectivity index (χ2v) is 13.3. The summed E-state index contributed by atoms with van der Waals surface area (Å²) in [5, 5.41) is 0. The molecule has 1 amide bonds. The third kappa shape index (κ3) is 5.76. The molecular weight excluding hydrogens is 554 g/mol. The van der Waals surface area contributed by atoms with Gasteiger partial charge >= 0.3 is 0 Å². The Labute approximate surface area is 263 Å². The van der Waals surface area contributed by atoms with E-state index >= 15 is 0 Å². The molecule has 0 aliphatic carbocycles. The van der Waals surface area contributed by atoms with Crippen molar-refractivity contribution in [2.24, 2.45) is 17.8 Å². The van der Waals surface area contributed by atoms with Crippen molar-refractivity contribution in [1.82, 2.24) is 14.7 Å². The van der Waals surface area contributed by atoms with Gasteiger partial charge in [-0.15, -0.1) is 0 Å². The van der Waals surface area contributed by atoms with E-state index < -0.39 is 0 Å². The Morgan fingerprint density at radius 2 is 1.34 bits per heavy atom. The van der Waals surface area contributed by atoms with Crippen molar-refractivity contribution < 1.29 is 23.7 Å². The molecule has 44 heavy (non-hydrogen) atoms. The highest BCUT2D eigenvalue weighted by Gasteiger charge is 2.43. The van der Waals surface area contributed by atoms with E-state index in [2.05, 4.69) is 52.9 Å². The molecule has 0 saturated carbocycles. The minimum Gasteiger partial charge on any atom is -0.493 e. The maximum absolute atomic E-state index is 14.3. The van der Waals surface area contributed by atoms with Gasteiger partial charge in [-0.25, -0.2) is 0 Å². The number of methoxy groups -OCH3 is 4. The number of rotatable bonds is 8. The Balaban J connectivity index is 1.34. The number of carbonyl (C=O) groups excluding carboxylic acids is 1. The van der Waals surface area contributed by atoms with Gasteiger partial charge in [0.05, 0.1) is 34.5 Å². The summed E-state index contributed by atoms with van der Waals surface area (Å²) >= 11 is 0. The largest absolute Gasteiger partial charge is 0.493 e.